The van der Waals surface area contributed by atoms with E-state index in [1.165, 1.54) is 22.0 Å². The van der Waals surface area contributed by atoms with Gasteiger partial charge in [0.2, 0.25) is 5.75 Å². The van der Waals surface area contributed by atoms with Gasteiger partial charge in [-0.1, -0.05) is 20.8 Å². The zero-order chi connectivity index (χ0) is 19.8. The van der Waals surface area contributed by atoms with Crippen LogP contribution in [0.15, 0.2) is 16.9 Å². The van der Waals surface area contributed by atoms with E-state index in [0.717, 1.165) is 5.56 Å². The lowest BCUT2D eigenvalue weighted by atomic mass is 9.91. The number of ether oxygens (including phenoxy) is 3. The maximum atomic E-state index is 12.6. The Kier molecular flexibility index (Phi) is 5.15. The second-order valence-electron chi connectivity index (χ2n) is 7.32. The average Bonchev–Trinajstić information content (AvgIpc) is 2.88. The summed E-state index contributed by atoms with van der Waals surface area (Å²) in [6.45, 7) is 6.50. The highest BCUT2D eigenvalue weighted by atomic mass is 32.1. The Bertz CT molecular complexity index is 1040. The molecule has 7 heteroatoms. The molecule has 0 spiro atoms. The highest BCUT2D eigenvalue weighted by Gasteiger charge is 2.20. The van der Waals surface area contributed by atoms with Crippen molar-refractivity contribution in [3.63, 3.8) is 0 Å². The van der Waals surface area contributed by atoms with Crippen LogP contribution in [0.25, 0.3) is 12.2 Å². The van der Waals surface area contributed by atoms with Crippen LogP contribution in [0.1, 0.15) is 26.3 Å². The molecule has 0 radical (unpaired) electrons. The average molecular weight is 389 g/mol. The highest BCUT2D eigenvalue weighted by molar-refractivity contribution is 7.07. The number of thiazole rings is 1. The van der Waals surface area contributed by atoms with Gasteiger partial charge in [-0.05, 0) is 23.8 Å². The molecule has 0 bridgehead atoms. The van der Waals surface area contributed by atoms with Gasteiger partial charge in [0.05, 0.1) is 11.6 Å². The van der Waals surface area contributed by atoms with Gasteiger partial charge in [0.15, 0.2) is 17.3 Å². The van der Waals surface area contributed by atoms with Crippen LogP contribution in [0.4, 0.5) is 0 Å². The number of carbonyl (C=O) groups is 1. The summed E-state index contributed by atoms with van der Waals surface area (Å²) in [5.74, 6) is 1.70. The van der Waals surface area contributed by atoms with Gasteiger partial charge in [0.25, 0.3) is 5.56 Å². The van der Waals surface area contributed by atoms with Gasteiger partial charge < -0.3 is 18.8 Å². The molecular weight excluding hydrogens is 366 g/mol. The number of rotatable bonds is 3. The summed E-state index contributed by atoms with van der Waals surface area (Å²) in [6.07, 6.45) is 3.31. The van der Waals surface area contributed by atoms with Crippen molar-refractivity contribution >= 4 is 29.3 Å². The van der Waals surface area contributed by atoms with E-state index in [-0.39, 0.29) is 11.3 Å². The third-order valence-electron chi connectivity index (χ3n) is 4.20. The molecule has 1 aromatic carbocycles. The predicted molar refractivity (Wildman–Crippen MR) is 105 cm³/mol. The van der Waals surface area contributed by atoms with Crippen molar-refractivity contribution in [2.75, 3.05) is 20.3 Å². The summed E-state index contributed by atoms with van der Waals surface area (Å²) < 4.78 is 19.3. The van der Waals surface area contributed by atoms with E-state index in [9.17, 15) is 9.59 Å². The molecule has 0 saturated heterocycles. The molecule has 1 aromatic heterocycles. The van der Waals surface area contributed by atoms with E-state index in [1.807, 2.05) is 26.8 Å². The molecule has 3 rings (SSSR count). The summed E-state index contributed by atoms with van der Waals surface area (Å²) >= 11 is 1.28. The van der Waals surface area contributed by atoms with Crippen molar-refractivity contribution in [2.45, 2.75) is 20.8 Å². The molecule has 6 nitrogen and oxygen atoms in total. The Morgan fingerprint density at radius 2 is 1.96 bits per heavy atom. The van der Waals surface area contributed by atoms with Gasteiger partial charge in [-0.25, -0.2) is 0 Å². The van der Waals surface area contributed by atoms with Crippen molar-refractivity contribution in [1.82, 2.24) is 4.57 Å². The Morgan fingerprint density at radius 3 is 2.63 bits per heavy atom. The Hall–Kier alpha value is -2.54. The standard InChI is InChI=1S/C20H23NO5S/c1-20(2,3)16(22)11-17-21(4)19(23)15(27-17)10-12-8-13(24-5)18-14(9-12)25-6-7-26-18/h8-11H,6-7H2,1-5H3/b15-10-,17-11-. The van der Waals surface area contributed by atoms with Gasteiger partial charge in [-0.15, -0.1) is 11.3 Å². The molecule has 1 aliphatic heterocycles. The maximum absolute atomic E-state index is 12.6. The van der Waals surface area contributed by atoms with Crippen molar-refractivity contribution in [3.8, 4) is 17.2 Å². The van der Waals surface area contributed by atoms with Gasteiger partial charge in [0, 0.05) is 18.5 Å². The molecule has 0 N–H and O–H groups in total. The van der Waals surface area contributed by atoms with Crippen LogP contribution in [-0.2, 0) is 11.8 Å². The monoisotopic (exact) mass is 389 g/mol. The van der Waals surface area contributed by atoms with E-state index in [1.54, 1.807) is 26.3 Å². The summed E-state index contributed by atoms with van der Waals surface area (Å²) in [5, 5.41) is 0. The molecule has 0 unspecified atom stereocenters. The number of methoxy groups -OCH3 is 1. The second kappa shape index (κ2) is 7.23. The molecule has 2 aromatic rings. The number of fused-ring (bicyclic) bond motifs is 1. The zero-order valence-corrected chi connectivity index (χ0v) is 16.9. The number of benzene rings is 1. The minimum absolute atomic E-state index is 0.0214. The first-order valence-corrected chi connectivity index (χ1v) is 9.43. The second-order valence-corrected chi connectivity index (χ2v) is 8.38. The summed E-state index contributed by atoms with van der Waals surface area (Å²) in [6, 6.07) is 3.62. The molecule has 0 atom stereocenters. The van der Waals surface area contributed by atoms with Gasteiger partial charge in [0.1, 0.15) is 17.9 Å². The first-order chi connectivity index (χ1) is 12.7. The number of Topliss-reactive ketones (excluding diaryl/α,β-unsaturated/α-hetero) is 1. The number of aromatic nitrogens is 1. The topological polar surface area (TPSA) is 66.8 Å². The molecule has 27 heavy (non-hydrogen) atoms. The lowest BCUT2D eigenvalue weighted by Crippen LogP contribution is -2.30. The first kappa shape index (κ1) is 19.2. The summed E-state index contributed by atoms with van der Waals surface area (Å²) in [7, 11) is 3.23. The van der Waals surface area contributed by atoms with Crippen molar-refractivity contribution < 1.29 is 19.0 Å². The molecule has 1 aliphatic rings. The Morgan fingerprint density at radius 1 is 1.26 bits per heavy atom. The fourth-order valence-electron chi connectivity index (χ4n) is 2.56. The quantitative estimate of drug-likeness (QED) is 0.795. The van der Waals surface area contributed by atoms with Crippen LogP contribution in [0.5, 0.6) is 17.2 Å². The molecule has 0 amide bonds. The van der Waals surface area contributed by atoms with Crippen LogP contribution >= 0.6 is 11.3 Å². The van der Waals surface area contributed by atoms with Crippen molar-refractivity contribution in [1.29, 1.82) is 0 Å². The SMILES string of the molecule is COc1cc(/C=c2\s/c(=C\C(=O)C(C)(C)C)n(C)c2=O)cc2c1OCCO2. The third kappa shape index (κ3) is 3.93. The molecular formula is C20H23NO5S. The number of hydrogen-bond donors (Lipinski definition) is 0. The van der Waals surface area contributed by atoms with Crippen LogP contribution in [-0.4, -0.2) is 30.7 Å². The van der Waals surface area contributed by atoms with E-state index >= 15 is 0 Å². The van der Waals surface area contributed by atoms with Crippen LogP contribution < -0.4 is 29.0 Å². The molecule has 0 fully saturated rings. The third-order valence-corrected chi connectivity index (χ3v) is 5.32. The van der Waals surface area contributed by atoms with Gasteiger partial charge >= 0.3 is 0 Å². The largest absolute Gasteiger partial charge is 0.493 e. The normalized spacial score (nSPS) is 15.1. The minimum Gasteiger partial charge on any atom is -0.493 e. The number of hydrogen-bond acceptors (Lipinski definition) is 6. The Labute approximate surface area is 161 Å². The van der Waals surface area contributed by atoms with E-state index in [2.05, 4.69) is 0 Å². The van der Waals surface area contributed by atoms with E-state index in [0.29, 0.717) is 39.7 Å². The van der Waals surface area contributed by atoms with Crippen molar-refractivity contribution in [2.24, 2.45) is 12.5 Å². The van der Waals surface area contributed by atoms with Gasteiger partial charge in [-0.3, -0.25) is 9.59 Å². The molecule has 144 valence electrons. The lowest BCUT2D eigenvalue weighted by Gasteiger charge is -2.20. The molecule has 2 heterocycles. The highest BCUT2D eigenvalue weighted by Crippen LogP contribution is 2.40. The molecule has 0 aliphatic carbocycles. The Balaban J connectivity index is 2.12. The number of ketones is 1. The van der Waals surface area contributed by atoms with Crippen LogP contribution in [0, 0.1) is 5.41 Å². The fourth-order valence-corrected chi connectivity index (χ4v) is 3.59. The lowest BCUT2D eigenvalue weighted by molar-refractivity contribution is -0.120. The first-order valence-electron chi connectivity index (χ1n) is 8.62. The molecule has 0 saturated carbocycles. The van der Waals surface area contributed by atoms with Gasteiger partial charge in [-0.2, -0.15) is 0 Å². The van der Waals surface area contributed by atoms with Crippen LogP contribution in [0.2, 0.25) is 0 Å². The predicted octanol–water partition coefficient (Wildman–Crippen LogP) is 1.45. The van der Waals surface area contributed by atoms with E-state index < -0.39 is 5.41 Å². The van der Waals surface area contributed by atoms with Crippen molar-refractivity contribution in [3.05, 3.63) is 37.2 Å². The zero-order valence-electron chi connectivity index (χ0n) is 16.1. The maximum Gasteiger partial charge on any atom is 0.268 e. The summed E-state index contributed by atoms with van der Waals surface area (Å²) in [5.41, 5.74) is 0.123. The fraction of sp³-hybridized carbons (Fsp3) is 0.400. The smallest absolute Gasteiger partial charge is 0.268 e. The minimum atomic E-state index is -0.493. The number of carbonyl (C=O) groups excluding carboxylic acids is 1. The van der Waals surface area contributed by atoms with Crippen LogP contribution in [0.3, 0.4) is 0 Å². The number of nitrogens with zero attached hydrogens (tertiary/aromatic N) is 1. The van der Waals surface area contributed by atoms with E-state index in [4.69, 9.17) is 14.2 Å². The summed E-state index contributed by atoms with van der Waals surface area (Å²) in [4.78, 5) is 24.9.